The van der Waals surface area contributed by atoms with Crippen LogP contribution in [-0.2, 0) is 51.3 Å². The second kappa shape index (κ2) is 26.0. The highest BCUT2D eigenvalue weighted by Crippen LogP contribution is 2.25. The van der Waals surface area contributed by atoms with Crippen molar-refractivity contribution in [2.24, 2.45) is 22.0 Å². The molecule has 0 aliphatic carbocycles. The van der Waals surface area contributed by atoms with E-state index in [2.05, 4.69) is 62.8 Å². The molecular formula is C49H74N8O9S. The van der Waals surface area contributed by atoms with Crippen LogP contribution < -0.4 is 27.0 Å². The third kappa shape index (κ3) is 21.7. The molecule has 1 aliphatic heterocycles. The number of thioether (sulfide) groups is 1. The van der Waals surface area contributed by atoms with E-state index in [1.54, 1.807) is 54.8 Å². The molecule has 0 saturated carbocycles. The molecule has 6 N–H and O–H groups in total. The molecule has 0 bridgehead atoms. The Morgan fingerprint density at radius 2 is 1.21 bits per heavy atom. The normalized spacial score (nSPS) is 14.1. The van der Waals surface area contributed by atoms with Crippen LogP contribution in [0.4, 0.5) is 10.5 Å². The maximum Gasteiger partial charge on any atom is 0.312 e. The summed E-state index contributed by atoms with van der Waals surface area (Å²) in [5.74, 6) is -2.28. The van der Waals surface area contributed by atoms with Gasteiger partial charge in [-0.25, -0.2) is 4.79 Å². The minimum absolute atomic E-state index is 0.0503. The molecule has 0 radical (unpaired) electrons. The number of amides is 8. The van der Waals surface area contributed by atoms with Crippen LogP contribution in [0.3, 0.4) is 0 Å². The first-order chi connectivity index (χ1) is 31.3. The highest BCUT2D eigenvalue weighted by molar-refractivity contribution is 7.99. The average molecular weight is 951 g/mol. The molecule has 3 rings (SSSR count). The van der Waals surface area contributed by atoms with Crippen molar-refractivity contribution in [3.63, 3.8) is 0 Å². The summed E-state index contributed by atoms with van der Waals surface area (Å²) in [4.78, 5) is 110. The van der Waals surface area contributed by atoms with Crippen molar-refractivity contribution in [3.05, 3.63) is 65.7 Å². The molecule has 0 spiro atoms. The van der Waals surface area contributed by atoms with Crippen molar-refractivity contribution < 1.29 is 43.1 Å². The Morgan fingerprint density at radius 3 is 1.72 bits per heavy atom. The van der Waals surface area contributed by atoms with Gasteiger partial charge in [-0.1, -0.05) is 84.0 Å². The second-order valence-corrected chi connectivity index (χ2v) is 21.6. The van der Waals surface area contributed by atoms with Crippen LogP contribution in [0.5, 0.6) is 0 Å². The number of carbonyl (C=O) groups is 8. The Hall–Kier alpha value is -5.65. The Kier molecular flexibility index (Phi) is 21.6. The topological polar surface area (TPSA) is 230 Å². The molecular weight excluding hydrogens is 877 g/mol. The lowest BCUT2D eigenvalue weighted by molar-refractivity contribution is -0.159. The molecule has 8 amide bonds. The van der Waals surface area contributed by atoms with Crippen molar-refractivity contribution in [3.8, 4) is 0 Å². The fraction of sp³-hybridized carbons (Fsp3) is 0.592. The zero-order valence-corrected chi connectivity index (χ0v) is 41.8. The maximum absolute atomic E-state index is 14.0. The summed E-state index contributed by atoms with van der Waals surface area (Å²) in [5, 5.41) is 10.9. The van der Waals surface area contributed by atoms with Gasteiger partial charge in [0.25, 0.3) is 0 Å². The van der Waals surface area contributed by atoms with Crippen LogP contribution >= 0.6 is 11.8 Å². The predicted molar refractivity (Wildman–Crippen MR) is 260 cm³/mol. The van der Waals surface area contributed by atoms with Crippen molar-refractivity contribution in [2.75, 3.05) is 43.4 Å². The second-order valence-electron chi connectivity index (χ2n) is 20.5. The number of benzene rings is 2. The van der Waals surface area contributed by atoms with E-state index in [0.29, 0.717) is 43.4 Å². The Morgan fingerprint density at radius 1 is 0.672 bits per heavy atom. The standard InChI is InChI=1S/C49H74N8O9S/c1-47(2,3)24-21-40(59)55-31-56(41(60)22-25-48(4,5)6)33-57(32-55)42(61)23-27-67-30-39(58)53-38(28-34-14-11-10-12-15-34)44(63)54-37(16-13-26-51-46(50)65)43(62)52-36-19-17-35(18-20-36)29-66-45(64)49(7,8)9/h10-12,14-15,17-20,37-38H,13,16,21-33H2,1-9H3,(H,52,62)(H,53,58)(H,54,63)(H3,50,51,65)/t37-,38+/m0/s1. The summed E-state index contributed by atoms with van der Waals surface area (Å²) in [6, 6.07) is 12.9. The predicted octanol–water partition coefficient (Wildman–Crippen LogP) is 5.52. The number of primary amides is 1. The van der Waals surface area contributed by atoms with E-state index in [-0.39, 0.29) is 98.4 Å². The van der Waals surface area contributed by atoms with Crippen LogP contribution in [0.2, 0.25) is 0 Å². The zero-order chi connectivity index (χ0) is 50.0. The molecule has 0 aromatic heterocycles. The van der Waals surface area contributed by atoms with E-state index < -0.39 is 41.3 Å². The van der Waals surface area contributed by atoms with Crippen LogP contribution in [0.1, 0.15) is 118 Å². The van der Waals surface area contributed by atoms with E-state index in [1.807, 2.05) is 30.3 Å². The molecule has 2 aromatic carbocycles. The number of esters is 1. The van der Waals surface area contributed by atoms with E-state index >= 15 is 0 Å². The number of nitrogens with two attached hydrogens (primary N) is 1. The van der Waals surface area contributed by atoms with Crippen molar-refractivity contribution >= 4 is 64.9 Å². The molecule has 2 aromatic rings. The highest BCUT2D eigenvalue weighted by Gasteiger charge is 2.33. The lowest BCUT2D eigenvalue weighted by Crippen LogP contribution is -2.59. The smallest absolute Gasteiger partial charge is 0.312 e. The third-order valence-corrected chi connectivity index (χ3v) is 11.7. The van der Waals surface area contributed by atoms with E-state index in [4.69, 9.17) is 10.5 Å². The fourth-order valence-electron chi connectivity index (χ4n) is 6.62. The number of nitrogens with zero attached hydrogens (tertiary/aromatic N) is 3. The molecule has 1 heterocycles. The van der Waals surface area contributed by atoms with Crippen molar-refractivity contribution in [1.29, 1.82) is 0 Å². The number of ether oxygens (including phenoxy) is 1. The van der Waals surface area contributed by atoms with Gasteiger partial charge in [-0.2, -0.15) is 11.8 Å². The SMILES string of the molecule is CC(C)(C)CCC(=O)N1CN(C(=O)CCSCC(=O)N[C@H](Cc2ccccc2)C(=O)N[C@@H](CCCNC(N)=O)C(=O)Nc2ccc(COC(=O)C(C)(C)C)cc2)CN(C(=O)CCC(C)(C)C)C1. The van der Waals surface area contributed by atoms with Crippen molar-refractivity contribution in [1.82, 2.24) is 30.7 Å². The Bertz CT molecular complexity index is 1960. The number of carbonyl (C=O) groups excluding carboxylic acids is 8. The minimum atomic E-state index is -1.08. The first kappa shape index (κ1) is 55.7. The number of hydrogen-bond donors (Lipinski definition) is 5. The van der Waals surface area contributed by atoms with Gasteiger partial charge in [-0.3, -0.25) is 33.6 Å². The molecule has 1 saturated heterocycles. The van der Waals surface area contributed by atoms with Crippen LogP contribution in [0.15, 0.2) is 54.6 Å². The first-order valence-corrected chi connectivity index (χ1v) is 24.1. The van der Waals surface area contributed by atoms with Crippen LogP contribution in [0.25, 0.3) is 0 Å². The first-order valence-electron chi connectivity index (χ1n) is 22.9. The average Bonchev–Trinajstić information content (AvgIpc) is 3.25. The number of urea groups is 1. The van der Waals surface area contributed by atoms with Crippen LogP contribution in [0, 0.1) is 16.2 Å². The van der Waals surface area contributed by atoms with Crippen LogP contribution in [-0.4, -0.2) is 112 Å². The summed E-state index contributed by atoms with van der Waals surface area (Å²) < 4.78 is 5.39. The summed E-state index contributed by atoms with van der Waals surface area (Å²) in [6.45, 7) is 18.1. The van der Waals surface area contributed by atoms with E-state index in [1.165, 1.54) is 16.7 Å². The lowest BCUT2D eigenvalue weighted by Gasteiger charge is -2.42. The van der Waals surface area contributed by atoms with Gasteiger partial charge in [0.1, 0.15) is 18.7 Å². The highest BCUT2D eigenvalue weighted by atomic mass is 32.2. The van der Waals surface area contributed by atoms with Gasteiger partial charge in [-0.05, 0) is 80.5 Å². The Labute approximate surface area is 400 Å². The number of rotatable bonds is 22. The van der Waals surface area contributed by atoms with Gasteiger partial charge in [0.05, 0.1) is 31.2 Å². The quantitative estimate of drug-likeness (QED) is 0.0733. The summed E-state index contributed by atoms with van der Waals surface area (Å²) in [6.07, 6.45) is 2.48. The van der Waals surface area contributed by atoms with E-state index in [9.17, 15) is 38.4 Å². The Balaban J connectivity index is 1.66. The van der Waals surface area contributed by atoms with Gasteiger partial charge in [-0.15, -0.1) is 0 Å². The summed E-state index contributed by atoms with van der Waals surface area (Å²) >= 11 is 1.21. The largest absolute Gasteiger partial charge is 0.460 e. The molecule has 1 fully saturated rings. The van der Waals surface area contributed by atoms with Gasteiger partial charge in [0.15, 0.2) is 0 Å². The zero-order valence-electron chi connectivity index (χ0n) is 41.0. The summed E-state index contributed by atoms with van der Waals surface area (Å²) in [7, 11) is 0. The fourth-order valence-corrected chi connectivity index (χ4v) is 7.35. The van der Waals surface area contributed by atoms with E-state index in [0.717, 1.165) is 5.56 Å². The molecule has 1 aliphatic rings. The molecule has 370 valence electrons. The third-order valence-electron chi connectivity index (χ3n) is 10.7. The van der Waals surface area contributed by atoms with Gasteiger partial charge >= 0.3 is 12.0 Å². The molecule has 0 unspecified atom stereocenters. The molecule has 17 nitrogen and oxygen atoms in total. The maximum atomic E-state index is 14.0. The number of hydrogen-bond acceptors (Lipinski definition) is 10. The van der Waals surface area contributed by atoms with Gasteiger partial charge < -0.3 is 46.4 Å². The van der Waals surface area contributed by atoms with Crippen molar-refractivity contribution in [2.45, 2.75) is 132 Å². The monoisotopic (exact) mass is 951 g/mol. The molecule has 2 atom stereocenters. The van der Waals surface area contributed by atoms with Gasteiger partial charge in [0.2, 0.25) is 35.4 Å². The minimum Gasteiger partial charge on any atom is -0.460 e. The molecule has 67 heavy (non-hydrogen) atoms. The summed E-state index contributed by atoms with van der Waals surface area (Å²) in [5.41, 5.74) is 6.35. The lowest BCUT2D eigenvalue weighted by atomic mass is 9.90. The van der Waals surface area contributed by atoms with Gasteiger partial charge in [0, 0.05) is 43.7 Å². The number of nitrogens with one attached hydrogen (secondary N) is 4. The number of anilines is 1. The molecule has 18 heteroatoms.